The van der Waals surface area contributed by atoms with E-state index in [4.69, 9.17) is 23.2 Å². The van der Waals surface area contributed by atoms with E-state index in [-0.39, 0.29) is 11.7 Å². The third-order valence-corrected chi connectivity index (χ3v) is 3.40. The highest BCUT2D eigenvalue weighted by molar-refractivity contribution is 7.14. The molecule has 1 amide bonds. The topological polar surface area (TPSA) is 59.1 Å². The molecule has 0 aliphatic rings. The minimum absolute atomic E-state index is 0.150. The van der Waals surface area contributed by atoms with Gasteiger partial charge in [0.05, 0.1) is 0 Å². The molecule has 7 heteroatoms. The number of carbonyl (C=O) groups is 2. The Balaban J connectivity index is 2.18. The lowest BCUT2D eigenvalue weighted by Crippen LogP contribution is -2.12. The normalized spacial score (nSPS) is 10.3. The van der Waals surface area contributed by atoms with Crippen LogP contribution in [0, 0.1) is 0 Å². The lowest BCUT2D eigenvalue weighted by Gasteiger charge is -2.03. The third kappa shape index (κ3) is 3.53. The molecule has 0 saturated carbocycles. The highest BCUT2D eigenvalue weighted by atomic mass is 35.5. The van der Waals surface area contributed by atoms with Crippen molar-refractivity contribution < 1.29 is 9.59 Å². The third-order valence-electron chi connectivity index (χ3n) is 2.21. The number of nitrogens with one attached hydrogen (secondary N) is 1. The number of Topliss-reactive ketones (excluding diaryl/α,β-unsaturated/α-hetero) is 1. The summed E-state index contributed by atoms with van der Waals surface area (Å²) in [5.74, 6) is -0.531. The molecule has 98 valence electrons. The van der Waals surface area contributed by atoms with Crippen molar-refractivity contribution in [1.29, 1.82) is 0 Å². The minimum Gasteiger partial charge on any atom is -0.298 e. The predicted molar refractivity (Wildman–Crippen MR) is 76.5 cm³/mol. The molecule has 0 aliphatic carbocycles. The maximum atomic E-state index is 12.0. The van der Waals surface area contributed by atoms with Gasteiger partial charge in [-0.2, -0.15) is 0 Å². The molecular weight excluding hydrogens is 307 g/mol. The van der Waals surface area contributed by atoms with Crippen molar-refractivity contribution >= 4 is 51.4 Å². The first kappa shape index (κ1) is 14.0. The number of halogens is 2. The fourth-order valence-electron chi connectivity index (χ4n) is 1.35. The number of thiazole rings is 1. The van der Waals surface area contributed by atoms with E-state index in [2.05, 4.69) is 10.3 Å². The van der Waals surface area contributed by atoms with E-state index in [1.165, 1.54) is 36.5 Å². The molecule has 19 heavy (non-hydrogen) atoms. The molecule has 0 aliphatic heterocycles. The molecule has 0 unspecified atom stereocenters. The molecule has 0 fully saturated rings. The zero-order valence-electron chi connectivity index (χ0n) is 9.74. The van der Waals surface area contributed by atoms with Gasteiger partial charge in [-0.1, -0.05) is 23.2 Å². The molecule has 1 N–H and O–H groups in total. The van der Waals surface area contributed by atoms with E-state index in [1.54, 1.807) is 5.38 Å². The SMILES string of the molecule is CC(=O)c1csc(NC(=O)c2cc(Cl)cc(Cl)c2)n1. The zero-order valence-corrected chi connectivity index (χ0v) is 12.1. The summed E-state index contributed by atoms with van der Waals surface area (Å²) in [4.78, 5) is 27.0. The van der Waals surface area contributed by atoms with Crippen molar-refractivity contribution in [2.45, 2.75) is 6.92 Å². The molecule has 1 heterocycles. The van der Waals surface area contributed by atoms with Crippen LogP contribution in [0.15, 0.2) is 23.6 Å². The largest absolute Gasteiger partial charge is 0.298 e. The number of benzene rings is 1. The quantitative estimate of drug-likeness (QED) is 0.874. The summed E-state index contributed by atoms with van der Waals surface area (Å²) in [6, 6.07) is 4.54. The van der Waals surface area contributed by atoms with Crippen LogP contribution in [0.2, 0.25) is 10.0 Å². The number of anilines is 1. The van der Waals surface area contributed by atoms with Crippen LogP contribution < -0.4 is 5.32 Å². The Labute approximate surface area is 123 Å². The summed E-state index contributed by atoms with van der Waals surface area (Å²) >= 11 is 12.8. The molecule has 0 spiro atoms. The van der Waals surface area contributed by atoms with Gasteiger partial charge in [-0.15, -0.1) is 11.3 Å². The van der Waals surface area contributed by atoms with Crippen LogP contribution in [0.4, 0.5) is 5.13 Å². The second-order valence-electron chi connectivity index (χ2n) is 3.71. The molecule has 0 bridgehead atoms. The fraction of sp³-hybridized carbons (Fsp3) is 0.0833. The van der Waals surface area contributed by atoms with E-state index in [1.807, 2.05) is 0 Å². The number of nitrogens with zero attached hydrogens (tertiary/aromatic N) is 1. The van der Waals surface area contributed by atoms with Crippen molar-refractivity contribution in [3.63, 3.8) is 0 Å². The minimum atomic E-state index is -0.381. The lowest BCUT2D eigenvalue weighted by atomic mass is 10.2. The molecule has 0 radical (unpaired) electrons. The van der Waals surface area contributed by atoms with Gasteiger partial charge in [0.1, 0.15) is 5.69 Å². The summed E-state index contributed by atoms with van der Waals surface area (Å²) < 4.78 is 0. The predicted octanol–water partition coefficient (Wildman–Crippen LogP) is 3.90. The average molecular weight is 315 g/mol. The van der Waals surface area contributed by atoms with Gasteiger partial charge in [-0.05, 0) is 18.2 Å². The van der Waals surface area contributed by atoms with Crippen molar-refractivity contribution in [3.05, 3.63) is 44.9 Å². The molecule has 2 rings (SSSR count). The standard InChI is InChI=1S/C12H8Cl2N2O2S/c1-6(17)10-5-19-12(15-10)16-11(18)7-2-8(13)4-9(14)3-7/h2-5H,1H3,(H,15,16,18). The van der Waals surface area contributed by atoms with Gasteiger partial charge < -0.3 is 0 Å². The maximum absolute atomic E-state index is 12.0. The molecule has 2 aromatic rings. The van der Waals surface area contributed by atoms with Gasteiger partial charge in [0.25, 0.3) is 5.91 Å². The second kappa shape index (κ2) is 5.69. The number of hydrogen-bond donors (Lipinski definition) is 1. The van der Waals surface area contributed by atoms with E-state index in [9.17, 15) is 9.59 Å². The Morgan fingerprint density at radius 1 is 1.21 bits per heavy atom. The first-order valence-electron chi connectivity index (χ1n) is 5.19. The van der Waals surface area contributed by atoms with E-state index in [0.717, 1.165) is 0 Å². The summed E-state index contributed by atoms with van der Waals surface area (Å²) in [7, 11) is 0. The van der Waals surface area contributed by atoms with Crippen LogP contribution in [0.5, 0.6) is 0 Å². The van der Waals surface area contributed by atoms with E-state index < -0.39 is 0 Å². The highest BCUT2D eigenvalue weighted by Crippen LogP contribution is 2.21. The van der Waals surface area contributed by atoms with Crippen molar-refractivity contribution in [2.24, 2.45) is 0 Å². The summed E-state index contributed by atoms with van der Waals surface area (Å²) in [5, 5.41) is 5.28. The number of rotatable bonds is 3. The van der Waals surface area contributed by atoms with E-state index >= 15 is 0 Å². The number of hydrogen-bond acceptors (Lipinski definition) is 4. The van der Waals surface area contributed by atoms with Crippen molar-refractivity contribution in [2.75, 3.05) is 5.32 Å². The van der Waals surface area contributed by atoms with Crippen LogP contribution in [-0.4, -0.2) is 16.7 Å². The molecule has 0 atom stereocenters. The van der Waals surface area contributed by atoms with E-state index in [0.29, 0.717) is 26.4 Å². The van der Waals surface area contributed by atoms with Gasteiger partial charge in [-0.25, -0.2) is 4.98 Å². The Bertz CT molecular complexity index is 635. The van der Waals surface area contributed by atoms with Crippen LogP contribution in [0.1, 0.15) is 27.8 Å². The summed E-state index contributed by atoms with van der Waals surface area (Å²) in [6.45, 7) is 1.41. The van der Waals surface area contributed by atoms with Gasteiger partial charge in [0.15, 0.2) is 10.9 Å². The number of aromatic nitrogens is 1. The molecule has 1 aromatic heterocycles. The number of carbonyl (C=O) groups excluding carboxylic acids is 2. The Kier molecular flexibility index (Phi) is 4.19. The van der Waals surface area contributed by atoms with Gasteiger partial charge in [-0.3, -0.25) is 14.9 Å². The molecule has 4 nitrogen and oxygen atoms in total. The maximum Gasteiger partial charge on any atom is 0.257 e. The van der Waals surface area contributed by atoms with Crippen LogP contribution in [0.3, 0.4) is 0 Å². The molecule has 0 saturated heterocycles. The smallest absolute Gasteiger partial charge is 0.257 e. The van der Waals surface area contributed by atoms with Crippen LogP contribution in [0.25, 0.3) is 0 Å². The fourth-order valence-corrected chi connectivity index (χ4v) is 2.62. The molecular formula is C12H8Cl2N2O2S. The summed E-state index contributed by atoms with van der Waals surface area (Å²) in [5.41, 5.74) is 0.654. The Hall–Kier alpha value is -1.43. The zero-order chi connectivity index (χ0) is 14.0. The highest BCUT2D eigenvalue weighted by Gasteiger charge is 2.12. The average Bonchev–Trinajstić information content (AvgIpc) is 2.76. The number of amides is 1. The Morgan fingerprint density at radius 3 is 2.37 bits per heavy atom. The van der Waals surface area contributed by atoms with Crippen molar-refractivity contribution in [3.8, 4) is 0 Å². The summed E-state index contributed by atoms with van der Waals surface area (Å²) in [6.07, 6.45) is 0. The monoisotopic (exact) mass is 314 g/mol. The first-order valence-corrected chi connectivity index (χ1v) is 6.83. The lowest BCUT2D eigenvalue weighted by molar-refractivity contribution is 0.100. The molecule has 1 aromatic carbocycles. The van der Waals surface area contributed by atoms with Gasteiger partial charge in [0.2, 0.25) is 0 Å². The second-order valence-corrected chi connectivity index (χ2v) is 5.44. The van der Waals surface area contributed by atoms with Gasteiger partial charge >= 0.3 is 0 Å². The Morgan fingerprint density at radius 2 is 1.84 bits per heavy atom. The van der Waals surface area contributed by atoms with Crippen LogP contribution >= 0.6 is 34.5 Å². The van der Waals surface area contributed by atoms with Crippen LogP contribution in [-0.2, 0) is 0 Å². The number of ketones is 1. The van der Waals surface area contributed by atoms with Gasteiger partial charge in [0, 0.05) is 27.9 Å². The first-order chi connectivity index (χ1) is 8.95. The van der Waals surface area contributed by atoms with Crippen molar-refractivity contribution in [1.82, 2.24) is 4.98 Å².